The third-order valence-electron chi connectivity index (χ3n) is 6.98. The molecule has 0 radical (unpaired) electrons. The highest BCUT2D eigenvalue weighted by Gasteiger charge is 2.50. The number of aryl methyl sites for hydroxylation is 1. The number of hydrogen-bond donors (Lipinski definition) is 0. The summed E-state index contributed by atoms with van der Waals surface area (Å²) in [5.41, 5.74) is 4.27. The molecule has 35 heavy (non-hydrogen) atoms. The molecule has 2 aromatic rings. The second-order valence-electron chi connectivity index (χ2n) is 10.0. The van der Waals surface area contributed by atoms with Crippen LogP contribution in [-0.4, -0.2) is 38.4 Å². The quantitative estimate of drug-likeness (QED) is 0.248. The molecule has 2 atom stereocenters. The average Bonchev–Trinajstić information content (AvgIpc) is 3.33. The summed E-state index contributed by atoms with van der Waals surface area (Å²) in [7, 11) is 0. The molecule has 6 nitrogen and oxygen atoms in total. The van der Waals surface area contributed by atoms with Crippen LogP contribution in [0.2, 0.25) is 0 Å². The number of esters is 2. The molecular weight excluding hydrogens is 444 g/mol. The van der Waals surface area contributed by atoms with Crippen LogP contribution in [0.3, 0.4) is 0 Å². The number of ether oxygens (including phenoxy) is 4. The van der Waals surface area contributed by atoms with Gasteiger partial charge >= 0.3 is 11.9 Å². The van der Waals surface area contributed by atoms with E-state index < -0.39 is 11.9 Å². The van der Waals surface area contributed by atoms with Crippen LogP contribution >= 0.6 is 0 Å². The second-order valence-corrected chi connectivity index (χ2v) is 10.0. The summed E-state index contributed by atoms with van der Waals surface area (Å²) in [6, 6.07) is 6.26. The van der Waals surface area contributed by atoms with Gasteiger partial charge in [-0.25, -0.2) is 9.59 Å². The van der Waals surface area contributed by atoms with Gasteiger partial charge in [0.25, 0.3) is 0 Å². The molecule has 0 aromatic heterocycles. The zero-order valence-corrected chi connectivity index (χ0v) is 21.1. The highest BCUT2D eigenvalue weighted by Crippen LogP contribution is 2.64. The van der Waals surface area contributed by atoms with Crippen molar-refractivity contribution >= 4 is 22.7 Å². The normalized spacial score (nSPS) is 19.8. The maximum absolute atomic E-state index is 11.8. The summed E-state index contributed by atoms with van der Waals surface area (Å²) >= 11 is 0. The van der Waals surface area contributed by atoms with Gasteiger partial charge in [0.05, 0.1) is 0 Å². The largest absolute Gasteiger partial charge is 0.489 e. The topological polar surface area (TPSA) is 71.1 Å². The van der Waals surface area contributed by atoms with Crippen LogP contribution in [-0.2, 0) is 24.5 Å². The molecule has 2 unspecified atom stereocenters. The Kier molecular flexibility index (Phi) is 6.93. The lowest BCUT2D eigenvalue weighted by molar-refractivity contribution is -0.140. The number of rotatable bonds is 10. The molecule has 1 saturated carbocycles. The predicted octanol–water partition coefficient (Wildman–Crippen LogP) is 5.68. The Morgan fingerprint density at radius 2 is 1.54 bits per heavy atom. The van der Waals surface area contributed by atoms with Crippen molar-refractivity contribution < 1.29 is 28.5 Å². The summed E-state index contributed by atoms with van der Waals surface area (Å²) in [6.07, 6.45) is 3.26. The molecule has 1 fully saturated rings. The van der Waals surface area contributed by atoms with E-state index in [1.807, 2.05) is 0 Å². The monoisotopic (exact) mass is 478 g/mol. The maximum atomic E-state index is 11.8. The van der Waals surface area contributed by atoms with Crippen LogP contribution in [0.15, 0.2) is 42.5 Å². The number of fused-ring (bicyclic) bond motifs is 6. The van der Waals surface area contributed by atoms with Gasteiger partial charge in [-0.05, 0) is 57.4 Å². The molecule has 0 aliphatic heterocycles. The van der Waals surface area contributed by atoms with E-state index in [9.17, 15) is 9.59 Å². The van der Waals surface area contributed by atoms with Crippen molar-refractivity contribution in [1.82, 2.24) is 0 Å². The van der Waals surface area contributed by atoms with Crippen molar-refractivity contribution in [3.63, 3.8) is 0 Å². The Hall–Kier alpha value is -3.28. The van der Waals surface area contributed by atoms with E-state index in [-0.39, 0.29) is 31.8 Å². The molecule has 4 rings (SSSR count). The van der Waals surface area contributed by atoms with Crippen LogP contribution < -0.4 is 9.47 Å². The second kappa shape index (κ2) is 9.76. The maximum Gasteiger partial charge on any atom is 0.333 e. The molecule has 2 aromatic carbocycles. The molecule has 186 valence electrons. The number of benzene rings is 2. The van der Waals surface area contributed by atoms with Gasteiger partial charge in [0.2, 0.25) is 0 Å². The molecule has 0 heterocycles. The van der Waals surface area contributed by atoms with Crippen molar-refractivity contribution in [2.45, 2.75) is 58.3 Å². The van der Waals surface area contributed by atoms with E-state index in [0.29, 0.717) is 17.1 Å². The van der Waals surface area contributed by atoms with Gasteiger partial charge in [0, 0.05) is 33.0 Å². The first-order valence-electron chi connectivity index (χ1n) is 12.1. The predicted molar refractivity (Wildman–Crippen MR) is 135 cm³/mol. The summed E-state index contributed by atoms with van der Waals surface area (Å²) in [5.74, 6) is 1.28. The third kappa shape index (κ3) is 4.79. The Bertz CT molecular complexity index is 1210. The van der Waals surface area contributed by atoms with Crippen LogP contribution in [0, 0.1) is 6.92 Å². The lowest BCUT2D eigenvalue weighted by Gasteiger charge is -2.30. The summed E-state index contributed by atoms with van der Waals surface area (Å²) in [6.45, 7) is 15.7. The van der Waals surface area contributed by atoms with Crippen LogP contribution in [0.25, 0.3) is 10.8 Å². The Balaban J connectivity index is 1.68. The zero-order chi connectivity index (χ0) is 25.3. The van der Waals surface area contributed by atoms with Gasteiger partial charge in [-0.3, -0.25) is 0 Å². The van der Waals surface area contributed by atoms with Crippen molar-refractivity contribution in [3.05, 3.63) is 59.2 Å². The van der Waals surface area contributed by atoms with Crippen LogP contribution in [0.1, 0.15) is 62.6 Å². The lowest BCUT2D eigenvalue weighted by atomic mass is 9.78. The van der Waals surface area contributed by atoms with Crippen LogP contribution in [0.5, 0.6) is 11.5 Å². The first kappa shape index (κ1) is 24.8. The molecule has 2 aliphatic rings. The van der Waals surface area contributed by atoms with E-state index in [0.717, 1.165) is 47.1 Å². The van der Waals surface area contributed by atoms with Gasteiger partial charge in [-0.1, -0.05) is 37.8 Å². The minimum absolute atomic E-state index is 0.00726. The molecule has 2 bridgehead atoms. The van der Waals surface area contributed by atoms with Gasteiger partial charge in [-0.15, -0.1) is 0 Å². The standard InChI is InChI=1S/C29H34O6/c1-17(2)27(30)34-13-11-32-25-22-15-19(5)7-8-21(22)26(33-12-14-35-28(31)18(3)4)24-23(25)20-9-10-29(24,6)16-20/h7-8,15,20H,1,3,9-14,16H2,2,4-6H3. The van der Waals surface area contributed by atoms with E-state index in [2.05, 4.69) is 45.2 Å². The number of hydrogen-bond acceptors (Lipinski definition) is 6. The molecule has 2 aliphatic carbocycles. The first-order valence-corrected chi connectivity index (χ1v) is 12.1. The SMILES string of the molecule is C=C(C)C(=O)OCCOc1c2c(c(OCCOC(=O)C(=C)C)c3ccc(C)cc13)C1(C)CCC2C1. The first-order chi connectivity index (χ1) is 16.6. The summed E-state index contributed by atoms with van der Waals surface area (Å²) < 4.78 is 23.2. The van der Waals surface area contributed by atoms with E-state index in [1.54, 1.807) is 13.8 Å². The molecule has 0 N–H and O–H groups in total. The summed E-state index contributed by atoms with van der Waals surface area (Å²) in [5, 5.41) is 1.96. The van der Waals surface area contributed by atoms with Crippen molar-refractivity contribution in [2.24, 2.45) is 0 Å². The van der Waals surface area contributed by atoms with Gasteiger partial charge in [-0.2, -0.15) is 0 Å². The van der Waals surface area contributed by atoms with Crippen molar-refractivity contribution in [1.29, 1.82) is 0 Å². The third-order valence-corrected chi connectivity index (χ3v) is 6.98. The fourth-order valence-corrected chi connectivity index (χ4v) is 5.37. The molecule has 0 spiro atoms. The Morgan fingerprint density at radius 1 is 0.943 bits per heavy atom. The summed E-state index contributed by atoms with van der Waals surface area (Å²) in [4.78, 5) is 23.5. The number of carbonyl (C=O) groups excluding carboxylic acids is 2. The van der Waals surface area contributed by atoms with Gasteiger partial charge in [0.15, 0.2) is 0 Å². The van der Waals surface area contributed by atoms with E-state index in [4.69, 9.17) is 18.9 Å². The van der Waals surface area contributed by atoms with Gasteiger partial charge < -0.3 is 18.9 Å². The van der Waals surface area contributed by atoms with Crippen molar-refractivity contribution in [2.75, 3.05) is 26.4 Å². The highest BCUT2D eigenvalue weighted by molar-refractivity contribution is 5.98. The van der Waals surface area contributed by atoms with Gasteiger partial charge in [0.1, 0.15) is 37.9 Å². The van der Waals surface area contributed by atoms with E-state index in [1.165, 1.54) is 11.1 Å². The fourth-order valence-electron chi connectivity index (χ4n) is 5.37. The average molecular weight is 479 g/mol. The molecule has 0 saturated heterocycles. The van der Waals surface area contributed by atoms with Crippen LogP contribution in [0.4, 0.5) is 0 Å². The lowest BCUT2D eigenvalue weighted by Crippen LogP contribution is -2.20. The minimum atomic E-state index is -0.415. The number of carbonyl (C=O) groups is 2. The minimum Gasteiger partial charge on any atom is -0.489 e. The molecular formula is C29H34O6. The Labute approximate surface area is 206 Å². The smallest absolute Gasteiger partial charge is 0.333 e. The van der Waals surface area contributed by atoms with Crippen molar-refractivity contribution in [3.8, 4) is 11.5 Å². The molecule has 0 amide bonds. The molecule has 6 heteroatoms. The van der Waals surface area contributed by atoms with E-state index >= 15 is 0 Å². The Morgan fingerprint density at radius 3 is 2.14 bits per heavy atom. The fraction of sp³-hybridized carbons (Fsp3) is 0.448. The zero-order valence-electron chi connectivity index (χ0n) is 21.1. The highest BCUT2D eigenvalue weighted by atomic mass is 16.6.